The van der Waals surface area contributed by atoms with Gasteiger partial charge in [0.1, 0.15) is 5.60 Å². The number of amides is 1. The Morgan fingerprint density at radius 1 is 1.57 bits per heavy atom. The third-order valence-electron chi connectivity index (χ3n) is 1.89. The van der Waals surface area contributed by atoms with Crippen molar-refractivity contribution in [1.29, 1.82) is 0 Å². The van der Waals surface area contributed by atoms with E-state index in [0.29, 0.717) is 12.6 Å². The lowest BCUT2D eigenvalue weighted by Crippen LogP contribution is -2.35. The summed E-state index contributed by atoms with van der Waals surface area (Å²) in [7, 11) is 1.75. The molecule has 82 valence electrons. The minimum Gasteiger partial charge on any atom is -0.444 e. The molecule has 0 aliphatic carbocycles. The summed E-state index contributed by atoms with van der Waals surface area (Å²) in [6.07, 6.45) is 0.994. The van der Waals surface area contributed by atoms with E-state index in [9.17, 15) is 4.79 Å². The van der Waals surface area contributed by atoms with E-state index in [1.54, 1.807) is 11.9 Å². The van der Waals surface area contributed by atoms with Gasteiger partial charge in [0.25, 0.3) is 0 Å². The number of nitrogens with zero attached hydrogens (tertiary/aromatic N) is 1. The second kappa shape index (κ2) is 4.17. The summed E-state index contributed by atoms with van der Waals surface area (Å²) in [5.74, 6) is 0. The highest BCUT2D eigenvalue weighted by Gasteiger charge is 2.25. The van der Waals surface area contributed by atoms with Crippen molar-refractivity contribution in [3.05, 3.63) is 0 Å². The van der Waals surface area contributed by atoms with Crippen LogP contribution in [0.15, 0.2) is 0 Å². The van der Waals surface area contributed by atoms with E-state index in [1.165, 1.54) is 0 Å². The molecule has 1 atom stereocenters. The monoisotopic (exact) mass is 201 g/mol. The zero-order valence-corrected chi connectivity index (χ0v) is 9.37. The standard InChI is InChI=1S/C10H19NO3/c1-10(2,3)14-9(12)11(4)6-5-8-7-13-8/h8H,5-7H2,1-4H3/t8-/m1/s1. The summed E-state index contributed by atoms with van der Waals surface area (Å²) in [5, 5.41) is 0. The molecule has 1 aliphatic rings. The number of carbonyl (C=O) groups excluding carboxylic acids is 1. The molecule has 1 amide bonds. The molecule has 4 nitrogen and oxygen atoms in total. The Kier molecular flexibility index (Phi) is 3.37. The molecule has 0 aromatic carbocycles. The zero-order chi connectivity index (χ0) is 10.8. The van der Waals surface area contributed by atoms with Gasteiger partial charge in [-0.2, -0.15) is 0 Å². The fourth-order valence-corrected chi connectivity index (χ4v) is 1.00. The molecule has 1 fully saturated rings. The molecule has 0 bridgehead atoms. The Hall–Kier alpha value is -0.770. The van der Waals surface area contributed by atoms with Crippen LogP contribution in [0, 0.1) is 0 Å². The van der Waals surface area contributed by atoms with Gasteiger partial charge in [-0.05, 0) is 27.2 Å². The predicted octanol–water partition coefficient (Wildman–Crippen LogP) is 1.64. The fraction of sp³-hybridized carbons (Fsp3) is 0.900. The summed E-state index contributed by atoms with van der Waals surface area (Å²) in [4.78, 5) is 13.0. The van der Waals surface area contributed by atoms with Gasteiger partial charge in [-0.25, -0.2) is 4.79 Å². The minimum atomic E-state index is -0.415. The Morgan fingerprint density at radius 3 is 2.57 bits per heavy atom. The minimum absolute atomic E-state index is 0.266. The van der Waals surface area contributed by atoms with E-state index in [4.69, 9.17) is 9.47 Å². The largest absolute Gasteiger partial charge is 0.444 e. The topological polar surface area (TPSA) is 42.1 Å². The average Bonchev–Trinajstić information content (AvgIpc) is 2.79. The zero-order valence-electron chi connectivity index (χ0n) is 9.37. The maximum Gasteiger partial charge on any atom is 0.410 e. The van der Waals surface area contributed by atoms with Gasteiger partial charge in [0, 0.05) is 13.6 Å². The summed E-state index contributed by atoms with van der Waals surface area (Å²) >= 11 is 0. The SMILES string of the molecule is CN(CC[C@@H]1CO1)C(=O)OC(C)(C)C. The second-order valence-electron chi connectivity index (χ2n) is 4.65. The van der Waals surface area contributed by atoms with Gasteiger partial charge in [0.05, 0.1) is 12.7 Å². The van der Waals surface area contributed by atoms with Crippen LogP contribution >= 0.6 is 0 Å². The first-order valence-corrected chi connectivity index (χ1v) is 4.94. The van der Waals surface area contributed by atoms with Gasteiger partial charge in [-0.15, -0.1) is 0 Å². The lowest BCUT2D eigenvalue weighted by molar-refractivity contribution is 0.0294. The third kappa shape index (κ3) is 4.46. The van der Waals surface area contributed by atoms with Crippen LogP contribution in [0.5, 0.6) is 0 Å². The molecule has 0 saturated carbocycles. The van der Waals surface area contributed by atoms with E-state index in [2.05, 4.69) is 0 Å². The van der Waals surface area contributed by atoms with Crippen molar-refractivity contribution in [2.75, 3.05) is 20.2 Å². The Bertz CT molecular complexity index is 206. The van der Waals surface area contributed by atoms with E-state index < -0.39 is 5.60 Å². The van der Waals surface area contributed by atoms with Crippen LogP contribution in [0.4, 0.5) is 4.79 Å². The Balaban J connectivity index is 2.20. The van der Waals surface area contributed by atoms with Crippen molar-refractivity contribution in [3.8, 4) is 0 Å². The number of carbonyl (C=O) groups is 1. The maximum absolute atomic E-state index is 11.5. The highest BCUT2D eigenvalue weighted by molar-refractivity contribution is 5.67. The van der Waals surface area contributed by atoms with E-state index in [-0.39, 0.29) is 6.09 Å². The molecule has 0 radical (unpaired) electrons. The summed E-state index contributed by atoms with van der Waals surface area (Å²) < 4.78 is 10.3. The van der Waals surface area contributed by atoms with Crippen LogP contribution in [0.25, 0.3) is 0 Å². The molecule has 0 aromatic rings. The van der Waals surface area contributed by atoms with Crippen molar-refractivity contribution in [2.45, 2.75) is 38.9 Å². The van der Waals surface area contributed by atoms with Gasteiger partial charge in [-0.1, -0.05) is 0 Å². The third-order valence-corrected chi connectivity index (χ3v) is 1.89. The molecule has 0 spiro atoms. The molecule has 1 heterocycles. The molecule has 4 heteroatoms. The number of epoxide rings is 1. The quantitative estimate of drug-likeness (QED) is 0.652. The predicted molar refractivity (Wildman–Crippen MR) is 53.2 cm³/mol. The molecule has 0 aromatic heterocycles. The van der Waals surface area contributed by atoms with Crippen LogP contribution in [0.3, 0.4) is 0 Å². The van der Waals surface area contributed by atoms with Crippen LogP contribution in [-0.2, 0) is 9.47 Å². The van der Waals surface area contributed by atoms with Gasteiger partial charge >= 0.3 is 6.09 Å². The highest BCUT2D eigenvalue weighted by atomic mass is 16.6. The van der Waals surface area contributed by atoms with Gasteiger partial charge < -0.3 is 14.4 Å². The molecule has 1 rings (SSSR count). The van der Waals surface area contributed by atoms with Crippen molar-refractivity contribution < 1.29 is 14.3 Å². The molecule has 1 aliphatic heterocycles. The van der Waals surface area contributed by atoms with Gasteiger partial charge in [-0.3, -0.25) is 0 Å². The normalized spacial score (nSPS) is 20.4. The first-order valence-electron chi connectivity index (χ1n) is 4.94. The fourth-order valence-electron chi connectivity index (χ4n) is 1.00. The molecule has 0 unspecified atom stereocenters. The van der Waals surface area contributed by atoms with Crippen molar-refractivity contribution >= 4 is 6.09 Å². The average molecular weight is 201 g/mol. The van der Waals surface area contributed by atoms with Crippen molar-refractivity contribution in [1.82, 2.24) is 4.90 Å². The number of hydrogen-bond acceptors (Lipinski definition) is 3. The van der Waals surface area contributed by atoms with Crippen molar-refractivity contribution in [3.63, 3.8) is 0 Å². The van der Waals surface area contributed by atoms with Crippen molar-refractivity contribution in [2.24, 2.45) is 0 Å². The number of ether oxygens (including phenoxy) is 2. The first kappa shape index (κ1) is 11.3. The highest BCUT2D eigenvalue weighted by Crippen LogP contribution is 2.14. The van der Waals surface area contributed by atoms with Crippen LogP contribution in [-0.4, -0.2) is 42.9 Å². The maximum atomic E-state index is 11.5. The Morgan fingerprint density at radius 2 is 2.14 bits per heavy atom. The molecular formula is C10H19NO3. The number of rotatable bonds is 3. The van der Waals surface area contributed by atoms with E-state index in [0.717, 1.165) is 13.0 Å². The first-order chi connectivity index (χ1) is 6.38. The molecular weight excluding hydrogens is 182 g/mol. The van der Waals surface area contributed by atoms with E-state index >= 15 is 0 Å². The lowest BCUT2D eigenvalue weighted by atomic mass is 10.2. The van der Waals surface area contributed by atoms with Gasteiger partial charge in [0.2, 0.25) is 0 Å². The summed E-state index contributed by atoms with van der Waals surface area (Å²) in [6.45, 7) is 7.12. The molecule has 0 N–H and O–H groups in total. The van der Waals surface area contributed by atoms with Crippen LogP contribution < -0.4 is 0 Å². The summed E-state index contributed by atoms with van der Waals surface area (Å²) in [6, 6.07) is 0. The number of hydrogen-bond donors (Lipinski definition) is 0. The Labute approximate surface area is 85.2 Å². The lowest BCUT2D eigenvalue weighted by Gasteiger charge is -2.24. The van der Waals surface area contributed by atoms with E-state index in [1.807, 2.05) is 20.8 Å². The smallest absolute Gasteiger partial charge is 0.410 e. The molecule has 1 saturated heterocycles. The second-order valence-corrected chi connectivity index (χ2v) is 4.65. The van der Waals surface area contributed by atoms with Crippen LogP contribution in [0.2, 0.25) is 0 Å². The van der Waals surface area contributed by atoms with Gasteiger partial charge in [0.15, 0.2) is 0 Å². The molecule has 14 heavy (non-hydrogen) atoms. The summed E-state index contributed by atoms with van der Waals surface area (Å²) in [5.41, 5.74) is -0.415. The van der Waals surface area contributed by atoms with Crippen LogP contribution in [0.1, 0.15) is 27.2 Å².